The fraction of sp³-hybridized carbons (Fsp3) is 0.611. The van der Waals surface area contributed by atoms with E-state index < -0.39 is 0 Å². The second kappa shape index (κ2) is 11.3. The predicted octanol–water partition coefficient (Wildman–Crippen LogP) is 3.19. The molecule has 0 unspecified atom stereocenters. The van der Waals surface area contributed by atoms with Crippen molar-refractivity contribution < 1.29 is 14.2 Å². The summed E-state index contributed by atoms with van der Waals surface area (Å²) in [5.41, 5.74) is 1.00. The third-order valence-corrected chi connectivity index (χ3v) is 4.03. The van der Waals surface area contributed by atoms with Crippen LogP contribution >= 0.6 is 24.0 Å². The molecule has 0 bridgehead atoms. The van der Waals surface area contributed by atoms with Gasteiger partial charge in [0.2, 0.25) is 5.75 Å². The highest BCUT2D eigenvalue weighted by atomic mass is 127. The van der Waals surface area contributed by atoms with Gasteiger partial charge in [0.15, 0.2) is 17.5 Å². The van der Waals surface area contributed by atoms with Crippen LogP contribution in [0, 0.1) is 5.92 Å². The number of halogens is 1. The summed E-state index contributed by atoms with van der Waals surface area (Å²) in [7, 11) is 4.84. The van der Waals surface area contributed by atoms with E-state index in [1.165, 1.54) is 19.3 Å². The Morgan fingerprint density at radius 2 is 1.72 bits per heavy atom. The summed E-state index contributed by atoms with van der Waals surface area (Å²) in [6.07, 6.45) is 3.97. The Balaban J connectivity index is 0.00000312. The van der Waals surface area contributed by atoms with Gasteiger partial charge in [-0.25, -0.2) is 4.99 Å². The molecule has 1 saturated carbocycles. The Bertz CT molecular complexity index is 537. The molecule has 1 aliphatic carbocycles. The maximum absolute atomic E-state index is 5.39. The van der Waals surface area contributed by atoms with Crippen LogP contribution in [0.1, 0.15) is 31.7 Å². The largest absolute Gasteiger partial charge is 0.493 e. The van der Waals surface area contributed by atoms with Gasteiger partial charge in [0.25, 0.3) is 0 Å². The van der Waals surface area contributed by atoms with E-state index in [2.05, 4.69) is 22.5 Å². The highest BCUT2D eigenvalue weighted by Gasteiger charge is 2.20. The number of hydrogen-bond donors (Lipinski definition) is 2. The molecule has 142 valence electrons. The lowest BCUT2D eigenvalue weighted by atomic mass is 10.2. The fourth-order valence-electron chi connectivity index (χ4n) is 2.54. The molecule has 0 spiro atoms. The van der Waals surface area contributed by atoms with E-state index in [9.17, 15) is 0 Å². The van der Waals surface area contributed by atoms with E-state index in [1.54, 1.807) is 21.3 Å². The fourth-order valence-corrected chi connectivity index (χ4v) is 2.54. The molecular formula is C18H30IN3O3. The number of rotatable bonds is 9. The predicted molar refractivity (Wildman–Crippen MR) is 112 cm³/mol. The number of nitrogens with zero attached hydrogens (tertiary/aromatic N) is 1. The Hall–Kier alpha value is -1.38. The van der Waals surface area contributed by atoms with Gasteiger partial charge in [-0.05, 0) is 37.0 Å². The topological polar surface area (TPSA) is 64.1 Å². The average Bonchev–Trinajstić information content (AvgIpc) is 3.42. The maximum atomic E-state index is 5.39. The molecule has 2 rings (SSSR count). The molecule has 1 aromatic carbocycles. The Kier molecular flexibility index (Phi) is 9.77. The van der Waals surface area contributed by atoms with Gasteiger partial charge in [0, 0.05) is 13.1 Å². The second-order valence-electron chi connectivity index (χ2n) is 5.89. The minimum atomic E-state index is 0. The molecule has 0 aromatic heterocycles. The van der Waals surface area contributed by atoms with Gasteiger partial charge in [-0.15, -0.1) is 24.0 Å². The van der Waals surface area contributed by atoms with E-state index in [-0.39, 0.29) is 24.0 Å². The first-order valence-electron chi connectivity index (χ1n) is 8.52. The van der Waals surface area contributed by atoms with E-state index in [0.29, 0.717) is 23.8 Å². The van der Waals surface area contributed by atoms with Crippen molar-refractivity contribution in [2.45, 2.75) is 32.7 Å². The molecule has 2 N–H and O–H groups in total. The number of hydrogen-bond acceptors (Lipinski definition) is 4. The summed E-state index contributed by atoms with van der Waals surface area (Å²) in [6.45, 7) is 4.41. The van der Waals surface area contributed by atoms with Crippen molar-refractivity contribution >= 4 is 29.9 Å². The first-order chi connectivity index (χ1) is 11.7. The first-order valence-corrected chi connectivity index (χ1v) is 8.52. The Labute approximate surface area is 167 Å². The number of aliphatic imine (C=N–C) groups is 1. The number of ether oxygens (including phenoxy) is 3. The zero-order valence-corrected chi connectivity index (χ0v) is 17.9. The summed E-state index contributed by atoms with van der Waals surface area (Å²) in [5.74, 6) is 3.65. The van der Waals surface area contributed by atoms with Gasteiger partial charge in [-0.2, -0.15) is 0 Å². The molecule has 0 heterocycles. The van der Waals surface area contributed by atoms with Crippen LogP contribution in [0.2, 0.25) is 0 Å². The molecule has 25 heavy (non-hydrogen) atoms. The third kappa shape index (κ3) is 6.80. The first kappa shape index (κ1) is 21.7. The van der Waals surface area contributed by atoms with Gasteiger partial charge in [-0.3, -0.25) is 0 Å². The summed E-state index contributed by atoms with van der Waals surface area (Å²) >= 11 is 0. The van der Waals surface area contributed by atoms with Gasteiger partial charge in [0.1, 0.15) is 0 Å². The molecule has 7 heteroatoms. The smallest absolute Gasteiger partial charge is 0.203 e. The van der Waals surface area contributed by atoms with E-state index >= 15 is 0 Å². The van der Waals surface area contributed by atoms with Gasteiger partial charge >= 0.3 is 0 Å². The van der Waals surface area contributed by atoms with Crippen molar-refractivity contribution in [1.29, 1.82) is 0 Å². The zero-order chi connectivity index (χ0) is 17.4. The Morgan fingerprint density at radius 3 is 2.20 bits per heavy atom. The normalized spacial score (nSPS) is 13.7. The van der Waals surface area contributed by atoms with Crippen LogP contribution < -0.4 is 24.8 Å². The molecule has 1 aromatic rings. The summed E-state index contributed by atoms with van der Waals surface area (Å²) in [4.78, 5) is 4.65. The number of methoxy groups -OCH3 is 3. The van der Waals surface area contributed by atoms with Gasteiger partial charge < -0.3 is 24.8 Å². The number of guanidine groups is 1. The summed E-state index contributed by atoms with van der Waals surface area (Å²) in [5, 5.41) is 6.67. The van der Waals surface area contributed by atoms with Crippen molar-refractivity contribution in [3.8, 4) is 17.2 Å². The lowest BCUT2D eigenvalue weighted by Gasteiger charge is -2.14. The molecule has 0 radical (unpaired) electrons. The minimum Gasteiger partial charge on any atom is -0.493 e. The molecule has 6 nitrogen and oxygen atoms in total. The van der Waals surface area contributed by atoms with Crippen LogP contribution in [0.4, 0.5) is 0 Å². The number of benzene rings is 1. The average molecular weight is 463 g/mol. The van der Waals surface area contributed by atoms with Gasteiger partial charge in [0.05, 0.1) is 27.9 Å². The minimum absolute atomic E-state index is 0. The molecule has 0 saturated heterocycles. The van der Waals surface area contributed by atoms with E-state index in [0.717, 1.165) is 30.5 Å². The standard InChI is InChI=1S/C18H29N3O3.HI/c1-5-19-18(20-9-8-13-6-7-13)21-12-14-10-15(22-2)17(24-4)16(11-14)23-3;/h10-11,13H,5-9,12H2,1-4H3,(H2,19,20,21);1H. The van der Waals surface area contributed by atoms with Crippen LogP contribution in [0.3, 0.4) is 0 Å². The third-order valence-electron chi connectivity index (χ3n) is 4.03. The van der Waals surface area contributed by atoms with E-state index in [4.69, 9.17) is 14.2 Å². The molecule has 1 fully saturated rings. The van der Waals surface area contributed by atoms with E-state index in [1.807, 2.05) is 12.1 Å². The quantitative estimate of drug-likeness (QED) is 0.335. The number of nitrogens with one attached hydrogen (secondary N) is 2. The lowest BCUT2D eigenvalue weighted by Crippen LogP contribution is -2.37. The van der Waals surface area contributed by atoms with Crippen LogP contribution in [0.5, 0.6) is 17.2 Å². The van der Waals surface area contributed by atoms with Crippen molar-refractivity contribution in [2.75, 3.05) is 34.4 Å². The highest BCUT2D eigenvalue weighted by Crippen LogP contribution is 2.38. The molecule has 0 atom stereocenters. The molecule has 0 aliphatic heterocycles. The van der Waals surface area contributed by atoms with Gasteiger partial charge in [-0.1, -0.05) is 12.8 Å². The van der Waals surface area contributed by atoms with Crippen LogP contribution in [-0.4, -0.2) is 40.4 Å². The van der Waals surface area contributed by atoms with Crippen LogP contribution in [-0.2, 0) is 6.54 Å². The van der Waals surface area contributed by atoms with Crippen molar-refractivity contribution in [3.63, 3.8) is 0 Å². The highest BCUT2D eigenvalue weighted by molar-refractivity contribution is 14.0. The molecule has 0 amide bonds. The van der Waals surface area contributed by atoms with Crippen LogP contribution in [0.15, 0.2) is 17.1 Å². The maximum Gasteiger partial charge on any atom is 0.203 e. The van der Waals surface area contributed by atoms with Crippen molar-refractivity contribution in [3.05, 3.63) is 17.7 Å². The Morgan fingerprint density at radius 1 is 1.08 bits per heavy atom. The monoisotopic (exact) mass is 463 g/mol. The summed E-state index contributed by atoms with van der Waals surface area (Å²) < 4.78 is 16.1. The zero-order valence-electron chi connectivity index (χ0n) is 15.6. The molecule has 1 aliphatic rings. The van der Waals surface area contributed by atoms with Crippen LogP contribution in [0.25, 0.3) is 0 Å². The lowest BCUT2D eigenvalue weighted by molar-refractivity contribution is 0.324. The second-order valence-corrected chi connectivity index (χ2v) is 5.89. The summed E-state index contributed by atoms with van der Waals surface area (Å²) in [6, 6.07) is 3.86. The molecular weight excluding hydrogens is 433 g/mol. The SMILES string of the molecule is CCNC(=NCc1cc(OC)c(OC)c(OC)c1)NCCC1CC1.I. The van der Waals surface area contributed by atoms with Crippen molar-refractivity contribution in [1.82, 2.24) is 10.6 Å². The van der Waals surface area contributed by atoms with Crippen molar-refractivity contribution in [2.24, 2.45) is 10.9 Å².